The number of benzene rings is 1. The summed E-state index contributed by atoms with van der Waals surface area (Å²) < 4.78 is 1.64. The highest BCUT2D eigenvalue weighted by Crippen LogP contribution is 2.29. The van der Waals surface area contributed by atoms with Crippen molar-refractivity contribution in [2.75, 3.05) is 11.9 Å². The Hall–Kier alpha value is -3.07. The third-order valence-corrected chi connectivity index (χ3v) is 2.90. The molecule has 2 heterocycles. The van der Waals surface area contributed by atoms with E-state index < -0.39 is 0 Å². The van der Waals surface area contributed by atoms with Crippen LogP contribution in [0.3, 0.4) is 0 Å². The summed E-state index contributed by atoms with van der Waals surface area (Å²) in [5.74, 6) is 2.83. The van der Waals surface area contributed by atoms with Crippen molar-refractivity contribution in [3.8, 4) is 23.7 Å². The Morgan fingerprint density at radius 2 is 2.40 bits per heavy atom. The van der Waals surface area contributed by atoms with Crippen LogP contribution < -0.4 is 10.6 Å². The maximum atomic E-state index is 11.9. The van der Waals surface area contributed by atoms with Crippen LogP contribution in [0.2, 0.25) is 0 Å². The molecule has 1 amide bonds. The third-order valence-electron chi connectivity index (χ3n) is 2.90. The maximum absolute atomic E-state index is 11.9. The minimum absolute atomic E-state index is 0.200. The van der Waals surface area contributed by atoms with Crippen molar-refractivity contribution in [1.29, 1.82) is 0 Å². The second kappa shape index (κ2) is 4.90. The van der Waals surface area contributed by atoms with Crippen LogP contribution in [0.1, 0.15) is 10.4 Å². The number of nitrogens with one attached hydrogen (secondary N) is 2. The molecule has 0 saturated heterocycles. The van der Waals surface area contributed by atoms with Crippen LogP contribution in [0.15, 0.2) is 30.7 Å². The first kappa shape index (κ1) is 12.0. The minimum Gasteiger partial charge on any atom is -0.360 e. The van der Waals surface area contributed by atoms with Gasteiger partial charge in [-0.2, -0.15) is 5.10 Å². The maximum Gasteiger partial charge on any atom is 0.252 e. The van der Waals surface area contributed by atoms with E-state index in [0.29, 0.717) is 11.4 Å². The van der Waals surface area contributed by atoms with E-state index in [4.69, 9.17) is 6.42 Å². The SMILES string of the molecule is C#CCNC(=O)c1ccc2c(c1)-c1ncnn1C=CN2. The number of carbonyl (C=O) groups excluding carboxylic acids is 1. The normalized spacial score (nSPS) is 11.6. The van der Waals surface area contributed by atoms with Crippen molar-refractivity contribution < 1.29 is 4.79 Å². The number of terminal acetylenes is 1. The first-order valence-electron chi connectivity index (χ1n) is 5.98. The zero-order valence-corrected chi connectivity index (χ0v) is 10.5. The van der Waals surface area contributed by atoms with Gasteiger partial charge in [0.25, 0.3) is 5.91 Å². The van der Waals surface area contributed by atoms with Gasteiger partial charge in [-0.3, -0.25) is 4.79 Å². The average molecular weight is 265 g/mol. The number of carbonyl (C=O) groups is 1. The Morgan fingerprint density at radius 1 is 1.50 bits per heavy atom. The number of hydrogen-bond acceptors (Lipinski definition) is 4. The highest BCUT2D eigenvalue weighted by atomic mass is 16.1. The topological polar surface area (TPSA) is 71.8 Å². The van der Waals surface area contributed by atoms with Crippen LogP contribution in [0.5, 0.6) is 0 Å². The van der Waals surface area contributed by atoms with Gasteiger partial charge in [-0.1, -0.05) is 5.92 Å². The van der Waals surface area contributed by atoms with Gasteiger partial charge in [0.1, 0.15) is 6.33 Å². The average Bonchev–Trinajstić information content (AvgIpc) is 2.86. The quantitative estimate of drug-likeness (QED) is 0.799. The number of fused-ring (bicyclic) bond motifs is 3. The largest absolute Gasteiger partial charge is 0.360 e. The van der Waals surface area contributed by atoms with Crippen LogP contribution >= 0.6 is 0 Å². The molecule has 2 N–H and O–H groups in total. The molecule has 0 spiro atoms. The summed E-state index contributed by atoms with van der Waals surface area (Å²) in [6.45, 7) is 0.200. The van der Waals surface area contributed by atoms with Crippen LogP contribution in [0.25, 0.3) is 17.6 Å². The third kappa shape index (κ3) is 2.01. The van der Waals surface area contributed by atoms with Gasteiger partial charge in [0.05, 0.1) is 6.54 Å². The van der Waals surface area contributed by atoms with E-state index in [2.05, 4.69) is 26.6 Å². The second-order valence-corrected chi connectivity index (χ2v) is 4.14. The molecular weight excluding hydrogens is 254 g/mol. The van der Waals surface area contributed by atoms with Crippen molar-refractivity contribution >= 4 is 17.8 Å². The van der Waals surface area contributed by atoms with E-state index in [9.17, 15) is 4.79 Å². The van der Waals surface area contributed by atoms with Gasteiger partial charge in [-0.05, 0) is 18.2 Å². The Labute approximate surface area is 115 Å². The summed E-state index contributed by atoms with van der Waals surface area (Å²) in [5, 5.41) is 9.85. The van der Waals surface area contributed by atoms with E-state index in [1.165, 1.54) is 6.33 Å². The Bertz CT molecular complexity index is 738. The fraction of sp³-hybridized carbons (Fsp3) is 0.0714. The molecule has 0 fully saturated rings. The summed E-state index contributed by atoms with van der Waals surface area (Å²) in [7, 11) is 0. The smallest absolute Gasteiger partial charge is 0.252 e. The first-order chi connectivity index (χ1) is 9.79. The van der Waals surface area contributed by atoms with Crippen LogP contribution in [0.4, 0.5) is 5.69 Å². The van der Waals surface area contributed by atoms with Gasteiger partial charge in [-0.15, -0.1) is 6.42 Å². The molecule has 0 bridgehead atoms. The lowest BCUT2D eigenvalue weighted by molar-refractivity contribution is 0.0959. The summed E-state index contributed by atoms with van der Waals surface area (Å²) >= 11 is 0. The molecule has 0 saturated carbocycles. The number of rotatable bonds is 2. The lowest BCUT2D eigenvalue weighted by Gasteiger charge is -2.08. The molecule has 1 aliphatic heterocycles. The molecule has 6 nitrogen and oxygen atoms in total. The molecule has 0 radical (unpaired) electrons. The summed E-state index contributed by atoms with van der Waals surface area (Å²) in [6, 6.07) is 5.33. The number of amides is 1. The Kier molecular flexibility index (Phi) is 2.94. The van der Waals surface area contributed by atoms with E-state index in [1.54, 1.807) is 29.2 Å². The zero-order chi connectivity index (χ0) is 13.9. The van der Waals surface area contributed by atoms with Crippen molar-refractivity contribution in [2.45, 2.75) is 0 Å². The van der Waals surface area contributed by atoms with E-state index in [0.717, 1.165) is 11.3 Å². The Morgan fingerprint density at radius 3 is 3.25 bits per heavy atom. The lowest BCUT2D eigenvalue weighted by Crippen LogP contribution is -2.23. The minimum atomic E-state index is -0.214. The van der Waals surface area contributed by atoms with Gasteiger partial charge < -0.3 is 10.6 Å². The van der Waals surface area contributed by atoms with Crippen molar-refractivity contribution in [3.05, 3.63) is 36.3 Å². The molecule has 0 aliphatic carbocycles. The Balaban J connectivity index is 2.03. The molecule has 1 aromatic heterocycles. The lowest BCUT2D eigenvalue weighted by atomic mass is 10.1. The number of aromatic nitrogens is 3. The zero-order valence-electron chi connectivity index (χ0n) is 10.5. The van der Waals surface area contributed by atoms with Gasteiger partial charge in [0.15, 0.2) is 5.82 Å². The number of anilines is 1. The fourth-order valence-electron chi connectivity index (χ4n) is 1.98. The van der Waals surface area contributed by atoms with Gasteiger partial charge >= 0.3 is 0 Å². The van der Waals surface area contributed by atoms with Crippen molar-refractivity contribution in [2.24, 2.45) is 0 Å². The van der Waals surface area contributed by atoms with Crippen molar-refractivity contribution in [1.82, 2.24) is 20.1 Å². The van der Waals surface area contributed by atoms with E-state index in [1.807, 2.05) is 6.07 Å². The van der Waals surface area contributed by atoms with Crippen LogP contribution in [-0.2, 0) is 0 Å². The molecule has 98 valence electrons. The number of nitrogens with zero attached hydrogens (tertiary/aromatic N) is 3. The summed E-state index contributed by atoms with van der Waals surface area (Å²) in [5.41, 5.74) is 2.19. The summed E-state index contributed by atoms with van der Waals surface area (Å²) in [6.07, 6.45) is 10.1. The highest BCUT2D eigenvalue weighted by molar-refractivity contribution is 5.97. The van der Waals surface area contributed by atoms with E-state index in [-0.39, 0.29) is 12.5 Å². The fourth-order valence-corrected chi connectivity index (χ4v) is 1.98. The van der Waals surface area contributed by atoms with E-state index >= 15 is 0 Å². The highest BCUT2D eigenvalue weighted by Gasteiger charge is 2.16. The molecule has 1 aromatic carbocycles. The van der Waals surface area contributed by atoms with Gasteiger partial charge in [-0.25, -0.2) is 9.67 Å². The first-order valence-corrected chi connectivity index (χ1v) is 5.98. The van der Waals surface area contributed by atoms with Gasteiger partial charge in [0.2, 0.25) is 0 Å². The predicted molar refractivity (Wildman–Crippen MR) is 75.6 cm³/mol. The molecule has 0 atom stereocenters. The van der Waals surface area contributed by atoms with Gasteiger partial charge in [0, 0.05) is 29.2 Å². The molecular formula is C14H11N5O. The predicted octanol–water partition coefficient (Wildman–Crippen LogP) is 1.16. The second-order valence-electron chi connectivity index (χ2n) is 4.14. The molecule has 6 heteroatoms. The number of hydrogen-bond donors (Lipinski definition) is 2. The molecule has 20 heavy (non-hydrogen) atoms. The molecule has 1 aliphatic rings. The van der Waals surface area contributed by atoms with Crippen LogP contribution in [-0.4, -0.2) is 27.2 Å². The van der Waals surface area contributed by atoms with Crippen molar-refractivity contribution in [3.63, 3.8) is 0 Å². The molecule has 0 unspecified atom stereocenters. The standard InChI is InChI=1S/C14H11N5O/c1-2-5-16-14(20)10-3-4-12-11(8-10)13-17-9-18-19(13)7-6-15-12/h1,3-4,6-9,15H,5H2,(H,16,20). The molecule has 2 aromatic rings. The van der Waals surface area contributed by atoms with Crippen LogP contribution in [0, 0.1) is 12.3 Å². The molecule has 3 rings (SSSR count). The monoisotopic (exact) mass is 265 g/mol. The summed E-state index contributed by atoms with van der Waals surface area (Å²) in [4.78, 5) is 16.2.